The first-order chi connectivity index (χ1) is 3.00. The molecule has 0 fully saturated rings. The van der Waals surface area contributed by atoms with Crippen molar-refractivity contribution in [2.45, 2.75) is 0 Å². The molecule has 7 heavy (non-hydrogen) atoms. The summed E-state index contributed by atoms with van der Waals surface area (Å²) in [6.07, 6.45) is 5.45. The van der Waals surface area contributed by atoms with E-state index in [9.17, 15) is 0 Å². The molecule has 0 aromatic heterocycles. The molecule has 0 atom stereocenters. The van der Waals surface area contributed by atoms with E-state index in [0.717, 1.165) is 0 Å². The quantitative estimate of drug-likeness (QED) is 0.417. The van der Waals surface area contributed by atoms with E-state index in [1.54, 1.807) is 6.33 Å². The van der Waals surface area contributed by atoms with Gasteiger partial charge in [0.25, 0.3) is 0 Å². The molecule has 0 aromatic rings. The summed E-state index contributed by atoms with van der Waals surface area (Å²) in [6.45, 7) is 0. The zero-order valence-corrected chi connectivity index (χ0v) is 7.72. The third-order valence-electron chi connectivity index (χ3n) is 0.587. The van der Waals surface area contributed by atoms with Crippen LogP contribution in [0, 0.1) is 3.21 Å². The predicted molar refractivity (Wildman–Crippen MR) is 31.2 cm³/mol. The van der Waals surface area contributed by atoms with Crippen molar-refractivity contribution in [1.82, 2.24) is 0 Å². The molecule has 0 spiro atoms. The molecule has 1 rings (SSSR count). The molecule has 0 N–H and O–H groups in total. The summed E-state index contributed by atoms with van der Waals surface area (Å²) >= 11 is -0.384. The zero-order valence-electron chi connectivity index (χ0n) is 4.10. The van der Waals surface area contributed by atoms with Gasteiger partial charge in [-0.1, -0.05) is 6.08 Å². The fraction of sp³-hybridized carbons (Fsp3) is 0. The van der Waals surface area contributed by atoms with Crippen LogP contribution in [0.15, 0.2) is 23.4 Å². The topological polar surface area (TPSA) is 0 Å². The Hall–Kier alpha value is 1.20. The molecule has 0 saturated carbocycles. The van der Waals surface area contributed by atoms with Crippen molar-refractivity contribution in [3.63, 3.8) is 0 Å². The van der Waals surface area contributed by atoms with Crippen LogP contribution < -0.4 is 0 Å². The molecule has 0 aliphatic carbocycles. The van der Waals surface area contributed by atoms with Crippen LogP contribution in [0.3, 0.4) is 0 Å². The van der Waals surface area contributed by atoms with Crippen LogP contribution in [0.1, 0.15) is 0 Å². The maximum atomic E-state index is 5.83. The average Bonchev–Trinajstić information content (AvgIpc) is 1.72. The number of halogens is 1. The summed E-state index contributed by atoms with van der Waals surface area (Å²) < 4.78 is 5.83. The van der Waals surface area contributed by atoms with Gasteiger partial charge in [0.05, 0.1) is 0 Å². The molecule has 30 valence electrons. The van der Waals surface area contributed by atoms with Crippen LogP contribution in [0.25, 0.3) is 0 Å². The van der Waals surface area contributed by atoms with Gasteiger partial charge in [0, 0.05) is 6.08 Å². The van der Waals surface area contributed by atoms with Crippen molar-refractivity contribution in [2.24, 2.45) is 0 Å². The maximum absolute atomic E-state index is 5.83. The van der Waals surface area contributed by atoms with Gasteiger partial charge >= 0.3 is 53.4 Å². The fourth-order valence-electron chi connectivity index (χ4n) is 0.326. The molecule has 1 aliphatic rings. The summed E-state index contributed by atoms with van der Waals surface area (Å²) in [5.74, 6) is 0. The summed E-state index contributed by atoms with van der Waals surface area (Å²) in [7, 11) is 0. The minimum Gasteiger partial charge on any atom is -0.479 e. The minimum absolute atomic E-state index is 0. The molecule has 1 heterocycles. The van der Waals surface area contributed by atoms with Crippen LogP contribution in [0.2, 0.25) is 0 Å². The largest absolute Gasteiger partial charge is 2.00 e. The van der Waals surface area contributed by atoms with Crippen molar-refractivity contribution >= 4 is 53.4 Å². The fourth-order valence-corrected chi connectivity index (χ4v) is 0.895. The summed E-state index contributed by atoms with van der Waals surface area (Å²) in [6, 6.07) is 0. The second-order valence-electron chi connectivity index (χ2n) is 1.06. The van der Waals surface area contributed by atoms with Gasteiger partial charge in [-0.15, -0.1) is 0 Å². The minimum atomic E-state index is -0.384. The number of allylic oxidation sites excluding steroid dienone is 2. The Kier molecular flexibility index (Phi) is 6.26. The van der Waals surface area contributed by atoms with Gasteiger partial charge < -0.3 is 3.21 Å². The van der Waals surface area contributed by atoms with E-state index in [-0.39, 0.29) is 53.4 Å². The van der Waals surface area contributed by atoms with Crippen LogP contribution >= 0.6 is 0 Å². The maximum Gasteiger partial charge on any atom is 2.00 e. The van der Waals surface area contributed by atoms with E-state index in [1.165, 1.54) is 0 Å². The Balaban J connectivity index is 0.000000360. The predicted octanol–water partition coefficient (Wildman–Crippen LogP) is 0.0831. The Morgan fingerprint density at radius 1 is 1.29 bits per heavy atom. The smallest absolute Gasteiger partial charge is 0.479 e. The Bertz CT molecular complexity index is 77.7. The number of hydrogen-bond donors (Lipinski definition) is 0. The van der Waals surface area contributed by atoms with Gasteiger partial charge in [-0.25, -0.2) is 0 Å². The van der Waals surface area contributed by atoms with E-state index in [4.69, 9.17) is 3.21 Å². The van der Waals surface area contributed by atoms with E-state index in [0.29, 0.717) is 0 Å². The molecule has 0 saturated heterocycles. The summed E-state index contributed by atoms with van der Waals surface area (Å²) in [5.41, 5.74) is 0. The first kappa shape index (κ1) is 8.20. The van der Waals surface area contributed by atoms with Crippen molar-refractivity contribution in [3.8, 4) is 0 Å². The molecular weight excluding hydrogens is 134 g/mol. The summed E-state index contributed by atoms with van der Waals surface area (Å²) in [5, 5.41) is 0. The Morgan fingerprint density at radius 3 is 2.29 bits per heavy atom. The van der Waals surface area contributed by atoms with Gasteiger partial charge in [-0.2, -0.15) is 0 Å². The standard InChI is InChI=1S/C4H4F.Al.Ca.H/c1-2-3-4-5;;;/h1-4H;;;/q;+1;+2;. The van der Waals surface area contributed by atoms with Gasteiger partial charge in [-0.3, -0.25) is 0 Å². The molecule has 0 aromatic carbocycles. The van der Waals surface area contributed by atoms with Gasteiger partial charge in [0.2, 0.25) is 6.33 Å². The monoisotopic (exact) mass is 139 g/mol. The molecule has 0 amide bonds. The second-order valence-corrected chi connectivity index (χ2v) is 2.14. The van der Waals surface area contributed by atoms with Crippen LogP contribution in [-0.2, 0) is 0 Å². The van der Waals surface area contributed by atoms with E-state index >= 15 is 0 Å². The first-order valence-electron chi connectivity index (χ1n) is 1.89. The van der Waals surface area contributed by atoms with Crippen molar-refractivity contribution in [1.29, 1.82) is 0 Å². The molecule has 1 aliphatic heterocycles. The third kappa shape index (κ3) is 3.76. The van der Waals surface area contributed by atoms with E-state index in [1.807, 2.05) is 17.1 Å². The van der Waals surface area contributed by atoms with Crippen LogP contribution in [-0.4, -0.2) is 53.4 Å². The van der Waals surface area contributed by atoms with Gasteiger partial charge in [-0.05, 0) is 4.94 Å². The average molecular weight is 139 g/mol. The molecule has 0 nitrogen and oxygen atoms in total. The van der Waals surface area contributed by atoms with Crippen molar-refractivity contribution < 1.29 is 3.21 Å². The van der Waals surface area contributed by atoms with Gasteiger partial charge in [0.1, 0.15) is 0 Å². The van der Waals surface area contributed by atoms with E-state index in [2.05, 4.69) is 0 Å². The zero-order chi connectivity index (χ0) is 4.24. The van der Waals surface area contributed by atoms with Crippen molar-refractivity contribution in [3.05, 3.63) is 23.4 Å². The van der Waals surface area contributed by atoms with Gasteiger partial charge in [0.15, 0.2) is 0 Å². The molecule has 0 unspecified atom stereocenters. The molecule has 3 heteroatoms. The molecule has 0 radical (unpaired) electrons. The van der Waals surface area contributed by atoms with Crippen LogP contribution in [0.4, 0.5) is 0 Å². The van der Waals surface area contributed by atoms with Crippen LogP contribution in [0.5, 0.6) is 0 Å². The number of rotatable bonds is 0. The first-order valence-corrected chi connectivity index (χ1v) is 3.24. The van der Waals surface area contributed by atoms with Crippen molar-refractivity contribution in [2.75, 3.05) is 0 Å². The second kappa shape index (κ2) is 5.34. The SMILES string of the molecule is C1=C[F+][AlH][CH]=C1.[Ca+2]. The molecular formula is C4H5AlCaF+3. The third-order valence-corrected chi connectivity index (χ3v) is 1.39. The Morgan fingerprint density at radius 2 is 2.14 bits per heavy atom. The number of hydrogen-bond acceptors (Lipinski definition) is 0. The van der Waals surface area contributed by atoms with E-state index < -0.39 is 0 Å². The molecule has 0 bridgehead atoms. The Labute approximate surface area is 79.1 Å². The summed E-state index contributed by atoms with van der Waals surface area (Å²) in [4.78, 5) is 2.04. The normalized spacial score (nSPS) is 14.9.